The Labute approximate surface area is 118 Å². The molecular formula is C15H18N2O3. The van der Waals surface area contributed by atoms with Crippen molar-refractivity contribution in [1.29, 1.82) is 0 Å². The van der Waals surface area contributed by atoms with Crippen molar-refractivity contribution in [3.05, 3.63) is 36.4 Å². The zero-order valence-electron chi connectivity index (χ0n) is 11.6. The highest BCUT2D eigenvalue weighted by Crippen LogP contribution is 2.35. The van der Waals surface area contributed by atoms with Crippen molar-refractivity contribution in [1.82, 2.24) is 0 Å². The monoisotopic (exact) mass is 274 g/mol. The van der Waals surface area contributed by atoms with E-state index in [4.69, 9.17) is 5.11 Å². The van der Waals surface area contributed by atoms with Gasteiger partial charge in [-0.2, -0.15) is 0 Å². The fourth-order valence-corrected chi connectivity index (χ4v) is 2.56. The lowest BCUT2D eigenvalue weighted by Gasteiger charge is -2.41. The molecule has 1 amide bonds. The number of aliphatic carboxylic acids is 1. The number of amides is 1. The van der Waals surface area contributed by atoms with Crippen molar-refractivity contribution < 1.29 is 14.7 Å². The number of rotatable bonds is 3. The molecule has 0 saturated carbocycles. The van der Waals surface area contributed by atoms with Gasteiger partial charge in [0.15, 0.2) is 0 Å². The number of hydrogen-bond acceptors (Lipinski definition) is 3. The zero-order chi connectivity index (χ0) is 14.7. The highest BCUT2D eigenvalue weighted by molar-refractivity contribution is 6.06. The minimum atomic E-state index is -1.12. The van der Waals surface area contributed by atoms with Crippen molar-refractivity contribution in [3.8, 4) is 0 Å². The van der Waals surface area contributed by atoms with E-state index >= 15 is 0 Å². The molecule has 0 spiro atoms. The molecule has 1 aromatic carbocycles. The van der Waals surface area contributed by atoms with Crippen LogP contribution >= 0.6 is 0 Å². The molecule has 1 aliphatic heterocycles. The maximum absolute atomic E-state index is 12.2. The molecule has 0 radical (unpaired) electrons. The first-order valence-electron chi connectivity index (χ1n) is 6.62. The Kier molecular flexibility index (Phi) is 4.08. The fraction of sp³-hybridized carbons (Fsp3) is 0.333. The van der Waals surface area contributed by atoms with Crippen LogP contribution in [0.5, 0.6) is 0 Å². The minimum Gasteiger partial charge on any atom is -0.478 e. The molecule has 106 valence electrons. The Morgan fingerprint density at radius 3 is 2.55 bits per heavy atom. The quantitative estimate of drug-likeness (QED) is 0.855. The van der Waals surface area contributed by atoms with Crippen LogP contribution < -0.4 is 9.80 Å². The van der Waals surface area contributed by atoms with E-state index in [2.05, 4.69) is 18.7 Å². The average molecular weight is 274 g/mol. The largest absolute Gasteiger partial charge is 0.478 e. The second kappa shape index (κ2) is 5.77. The van der Waals surface area contributed by atoms with Gasteiger partial charge in [-0.15, -0.1) is 0 Å². The lowest BCUT2D eigenvalue weighted by Crippen LogP contribution is -2.49. The maximum Gasteiger partial charge on any atom is 0.328 e. The molecule has 0 bridgehead atoms. The molecule has 1 aromatic rings. The molecule has 1 aliphatic rings. The summed E-state index contributed by atoms with van der Waals surface area (Å²) in [6.07, 6.45) is 1.98. The predicted octanol–water partition coefficient (Wildman–Crippen LogP) is 1.89. The second-order valence-corrected chi connectivity index (χ2v) is 4.74. The SMILES string of the molecule is CCN1c2ccccc2N(C(=O)/C=C/C(=O)O)CC1C. The Bertz CT molecular complexity index is 554. The molecule has 0 saturated heterocycles. The summed E-state index contributed by atoms with van der Waals surface area (Å²) in [7, 11) is 0. The van der Waals surface area contributed by atoms with E-state index < -0.39 is 5.97 Å². The molecule has 1 heterocycles. The van der Waals surface area contributed by atoms with Crippen LogP contribution in [0, 0.1) is 0 Å². The van der Waals surface area contributed by atoms with Gasteiger partial charge < -0.3 is 14.9 Å². The van der Waals surface area contributed by atoms with Crippen molar-refractivity contribution in [3.63, 3.8) is 0 Å². The van der Waals surface area contributed by atoms with Crippen molar-refractivity contribution in [2.24, 2.45) is 0 Å². The summed E-state index contributed by atoms with van der Waals surface area (Å²) in [6, 6.07) is 7.88. The first kappa shape index (κ1) is 14.1. The van der Waals surface area contributed by atoms with E-state index in [1.807, 2.05) is 24.3 Å². The van der Waals surface area contributed by atoms with E-state index in [0.717, 1.165) is 30.1 Å². The van der Waals surface area contributed by atoms with E-state index in [9.17, 15) is 9.59 Å². The standard InChI is InChI=1S/C15H18N2O3/c1-3-16-11(2)10-17(14(18)8-9-15(19)20)13-7-5-4-6-12(13)16/h4-9,11H,3,10H2,1-2H3,(H,19,20)/b9-8+. The van der Waals surface area contributed by atoms with Gasteiger partial charge >= 0.3 is 5.97 Å². The third kappa shape index (κ3) is 2.66. The molecule has 0 aromatic heterocycles. The van der Waals surface area contributed by atoms with Crippen LogP contribution in [0.1, 0.15) is 13.8 Å². The molecule has 1 atom stereocenters. The second-order valence-electron chi connectivity index (χ2n) is 4.74. The number of carbonyl (C=O) groups is 2. The summed E-state index contributed by atoms with van der Waals surface area (Å²) in [4.78, 5) is 26.6. The van der Waals surface area contributed by atoms with Gasteiger partial charge in [0.05, 0.1) is 11.4 Å². The maximum atomic E-state index is 12.2. The lowest BCUT2D eigenvalue weighted by molar-refractivity contribution is -0.131. The summed E-state index contributed by atoms with van der Waals surface area (Å²) in [5.41, 5.74) is 1.83. The number of carboxylic acids is 1. The van der Waals surface area contributed by atoms with Gasteiger partial charge in [-0.1, -0.05) is 12.1 Å². The predicted molar refractivity (Wildman–Crippen MR) is 78.1 cm³/mol. The molecule has 1 N–H and O–H groups in total. The van der Waals surface area contributed by atoms with Crippen LogP contribution in [0.15, 0.2) is 36.4 Å². The summed E-state index contributed by atoms with van der Waals surface area (Å²) in [6.45, 7) is 5.55. The highest BCUT2D eigenvalue weighted by Gasteiger charge is 2.29. The third-order valence-electron chi connectivity index (χ3n) is 3.44. The van der Waals surface area contributed by atoms with Crippen molar-refractivity contribution in [2.75, 3.05) is 22.9 Å². The molecule has 20 heavy (non-hydrogen) atoms. The van der Waals surface area contributed by atoms with Gasteiger partial charge in [0, 0.05) is 31.3 Å². The fourth-order valence-electron chi connectivity index (χ4n) is 2.56. The summed E-state index contributed by atoms with van der Waals surface area (Å²) < 4.78 is 0. The van der Waals surface area contributed by atoms with Gasteiger partial charge in [-0.25, -0.2) is 4.79 Å². The Balaban J connectivity index is 2.36. The molecule has 0 fully saturated rings. The van der Waals surface area contributed by atoms with Gasteiger partial charge in [0.1, 0.15) is 0 Å². The van der Waals surface area contributed by atoms with E-state index in [0.29, 0.717) is 6.54 Å². The van der Waals surface area contributed by atoms with E-state index in [1.54, 1.807) is 4.90 Å². The number of likely N-dealkylation sites (N-methyl/N-ethyl adjacent to an activating group) is 1. The summed E-state index contributed by atoms with van der Waals surface area (Å²) in [5, 5.41) is 8.62. The number of anilines is 2. The van der Waals surface area contributed by atoms with Gasteiger partial charge in [0.2, 0.25) is 0 Å². The number of carboxylic acid groups (broad SMARTS) is 1. The number of carbonyl (C=O) groups excluding carboxylic acids is 1. The normalized spacial score (nSPS) is 18.2. The number of hydrogen-bond donors (Lipinski definition) is 1. The molecule has 1 unspecified atom stereocenters. The Morgan fingerprint density at radius 1 is 1.30 bits per heavy atom. The Morgan fingerprint density at radius 2 is 1.95 bits per heavy atom. The summed E-state index contributed by atoms with van der Waals surface area (Å²) >= 11 is 0. The number of benzene rings is 1. The topological polar surface area (TPSA) is 60.9 Å². The zero-order valence-corrected chi connectivity index (χ0v) is 11.6. The van der Waals surface area contributed by atoms with Crippen molar-refractivity contribution in [2.45, 2.75) is 19.9 Å². The minimum absolute atomic E-state index is 0.192. The molecular weight excluding hydrogens is 256 g/mol. The number of nitrogens with zero attached hydrogens (tertiary/aromatic N) is 2. The van der Waals surface area contributed by atoms with Gasteiger partial charge in [0.25, 0.3) is 5.91 Å². The summed E-state index contributed by atoms with van der Waals surface area (Å²) in [5.74, 6) is -1.42. The van der Waals surface area contributed by atoms with E-state index in [-0.39, 0.29) is 11.9 Å². The lowest BCUT2D eigenvalue weighted by atomic mass is 10.1. The Hall–Kier alpha value is -2.30. The van der Waals surface area contributed by atoms with Crippen LogP contribution in [-0.4, -0.2) is 36.1 Å². The third-order valence-corrected chi connectivity index (χ3v) is 3.44. The van der Waals surface area contributed by atoms with Crippen LogP contribution in [0.3, 0.4) is 0 Å². The molecule has 0 aliphatic carbocycles. The first-order chi connectivity index (χ1) is 9.54. The molecule has 5 heteroatoms. The van der Waals surface area contributed by atoms with E-state index in [1.165, 1.54) is 0 Å². The molecule has 5 nitrogen and oxygen atoms in total. The van der Waals surface area contributed by atoms with Gasteiger partial charge in [-0.05, 0) is 26.0 Å². The smallest absolute Gasteiger partial charge is 0.328 e. The molecule has 2 rings (SSSR count). The number of para-hydroxylation sites is 2. The highest BCUT2D eigenvalue weighted by atomic mass is 16.4. The van der Waals surface area contributed by atoms with Crippen LogP contribution in [-0.2, 0) is 9.59 Å². The van der Waals surface area contributed by atoms with Crippen LogP contribution in [0.2, 0.25) is 0 Å². The van der Waals surface area contributed by atoms with Crippen LogP contribution in [0.25, 0.3) is 0 Å². The first-order valence-corrected chi connectivity index (χ1v) is 6.62. The number of fused-ring (bicyclic) bond motifs is 1. The average Bonchev–Trinajstić information content (AvgIpc) is 2.44. The van der Waals surface area contributed by atoms with Crippen LogP contribution in [0.4, 0.5) is 11.4 Å². The van der Waals surface area contributed by atoms with Crippen molar-refractivity contribution >= 4 is 23.3 Å². The van der Waals surface area contributed by atoms with Gasteiger partial charge in [-0.3, -0.25) is 4.79 Å².